The van der Waals surface area contributed by atoms with Crippen LogP contribution in [0, 0.1) is 6.92 Å². The number of hydrogen-bond donors (Lipinski definition) is 2. The normalized spacial score (nSPS) is 13.3. The van der Waals surface area contributed by atoms with Gasteiger partial charge in [-0.25, -0.2) is 4.98 Å². The van der Waals surface area contributed by atoms with Crippen LogP contribution in [0.4, 0.5) is 13.2 Å². The number of aromatic nitrogens is 3. The fraction of sp³-hybridized carbons (Fsp3) is 0.294. The summed E-state index contributed by atoms with van der Waals surface area (Å²) >= 11 is 0. The van der Waals surface area contributed by atoms with E-state index in [4.69, 9.17) is 0 Å². The number of halogens is 3. The van der Waals surface area contributed by atoms with Crippen molar-refractivity contribution in [2.45, 2.75) is 32.1 Å². The topological polar surface area (TPSA) is 53.6 Å². The van der Waals surface area contributed by atoms with E-state index in [-0.39, 0.29) is 6.54 Å². The van der Waals surface area contributed by atoms with E-state index in [1.165, 1.54) is 0 Å². The van der Waals surface area contributed by atoms with Gasteiger partial charge in [-0.05, 0) is 12.5 Å². The molecule has 0 bridgehead atoms. The van der Waals surface area contributed by atoms with Crippen LogP contribution in [0.3, 0.4) is 0 Å². The predicted octanol–water partition coefficient (Wildman–Crippen LogP) is 4.05. The van der Waals surface area contributed by atoms with Crippen LogP contribution in [0.2, 0.25) is 0 Å². The highest BCUT2D eigenvalue weighted by Gasteiger charge is 2.32. The number of fused-ring (bicyclic) bond motifs is 1. The van der Waals surface area contributed by atoms with Crippen LogP contribution in [0.5, 0.6) is 0 Å². The molecule has 0 aliphatic carbocycles. The Labute approximate surface area is 137 Å². The number of rotatable bonds is 5. The van der Waals surface area contributed by atoms with Crippen LogP contribution in [0.1, 0.15) is 29.2 Å². The van der Waals surface area contributed by atoms with Crippen molar-refractivity contribution in [3.05, 3.63) is 59.5 Å². The van der Waals surface area contributed by atoms with Gasteiger partial charge in [0, 0.05) is 36.7 Å². The first-order valence-corrected chi connectivity index (χ1v) is 7.56. The van der Waals surface area contributed by atoms with Crippen molar-refractivity contribution in [1.29, 1.82) is 0 Å². The van der Waals surface area contributed by atoms with Crippen molar-refractivity contribution < 1.29 is 13.2 Å². The largest absolute Gasteiger partial charge is 0.390 e. The monoisotopic (exact) mass is 334 g/mol. The van der Waals surface area contributed by atoms with E-state index in [1.807, 2.05) is 19.1 Å². The van der Waals surface area contributed by atoms with Crippen molar-refractivity contribution in [1.82, 2.24) is 20.3 Å². The number of nitrogens with one attached hydrogen (secondary N) is 2. The second-order valence-corrected chi connectivity index (χ2v) is 5.73. The molecule has 126 valence electrons. The van der Waals surface area contributed by atoms with Gasteiger partial charge < -0.3 is 10.3 Å². The molecule has 3 aromatic rings. The molecule has 2 aromatic heterocycles. The van der Waals surface area contributed by atoms with Gasteiger partial charge in [0.15, 0.2) is 5.65 Å². The Balaban J connectivity index is 1.80. The molecule has 7 heteroatoms. The molecule has 0 radical (unpaired) electrons. The smallest absolute Gasteiger partial charge is 0.344 e. The number of aryl methyl sites for hydroxylation is 1. The minimum Gasteiger partial charge on any atom is -0.344 e. The van der Waals surface area contributed by atoms with Gasteiger partial charge >= 0.3 is 6.18 Å². The van der Waals surface area contributed by atoms with Gasteiger partial charge in [-0.15, -0.1) is 0 Å². The van der Waals surface area contributed by atoms with Crippen molar-refractivity contribution in [3.8, 4) is 0 Å². The Hall–Kier alpha value is -2.41. The van der Waals surface area contributed by atoms with Gasteiger partial charge in [-0.1, -0.05) is 29.8 Å². The Morgan fingerprint density at radius 2 is 1.83 bits per heavy atom. The van der Waals surface area contributed by atoms with Crippen molar-refractivity contribution in [2.75, 3.05) is 0 Å². The van der Waals surface area contributed by atoms with Gasteiger partial charge in [0.25, 0.3) is 0 Å². The molecule has 0 fully saturated rings. The molecular formula is C17H17F3N4. The third kappa shape index (κ3) is 3.91. The number of benzene rings is 1. The van der Waals surface area contributed by atoms with Gasteiger partial charge in [-0.3, -0.25) is 4.98 Å². The third-order valence-electron chi connectivity index (χ3n) is 3.84. The lowest BCUT2D eigenvalue weighted by molar-refractivity contribution is -0.140. The Morgan fingerprint density at radius 1 is 1.12 bits per heavy atom. The van der Waals surface area contributed by atoms with Crippen LogP contribution >= 0.6 is 0 Å². The Morgan fingerprint density at radius 3 is 2.54 bits per heavy atom. The zero-order valence-corrected chi connectivity index (χ0v) is 13.1. The second kappa shape index (κ2) is 6.60. The van der Waals surface area contributed by atoms with Gasteiger partial charge in [0.05, 0.1) is 6.42 Å². The van der Waals surface area contributed by atoms with Crippen LogP contribution in [0.15, 0.2) is 42.9 Å². The Kier molecular flexibility index (Phi) is 4.53. The summed E-state index contributed by atoms with van der Waals surface area (Å²) in [4.78, 5) is 11.3. The lowest BCUT2D eigenvalue weighted by Crippen LogP contribution is -2.26. The first kappa shape index (κ1) is 16.4. The maximum Gasteiger partial charge on any atom is 0.390 e. The first-order chi connectivity index (χ1) is 11.4. The van der Waals surface area contributed by atoms with Gasteiger partial charge in [-0.2, -0.15) is 13.2 Å². The first-order valence-electron chi connectivity index (χ1n) is 7.56. The Bertz CT molecular complexity index is 809. The summed E-state index contributed by atoms with van der Waals surface area (Å²) in [5.74, 6) is 0. The number of aromatic amines is 1. The summed E-state index contributed by atoms with van der Waals surface area (Å²) in [5, 5.41) is 3.00. The maximum absolute atomic E-state index is 12.9. The van der Waals surface area contributed by atoms with E-state index in [9.17, 15) is 13.2 Å². The van der Waals surface area contributed by atoms with Crippen LogP contribution in [-0.4, -0.2) is 21.1 Å². The summed E-state index contributed by atoms with van der Waals surface area (Å²) in [6.07, 6.45) is -0.328. The average Bonchev–Trinajstić information content (AvgIpc) is 2.94. The molecule has 0 amide bonds. The minimum atomic E-state index is -4.25. The summed E-state index contributed by atoms with van der Waals surface area (Å²) in [6, 6.07) is 6.28. The highest BCUT2D eigenvalue weighted by molar-refractivity contribution is 5.74. The molecule has 24 heavy (non-hydrogen) atoms. The lowest BCUT2D eigenvalue weighted by Gasteiger charge is -2.21. The van der Waals surface area contributed by atoms with Crippen LogP contribution in [-0.2, 0) is 6.54 Å². The standard InChI is InChI=1S/C17H17F3N4/c1-11-2-4-12(5-3-11)14(8-17(18,19)20)23-9-13-10-24-16-15(13)21-6-7-22-16/h2-7,10,14,23H,8-9H2,1H3,(H,22,24)/t14-/m0/s1. The molecule has 0 unspecified atom stereocenters. The molecule has 2 heterocycles. The fourth-order valence-electron chi connectivity index (χ4n) is 2.61. The fourth-order valence-corrected chi connectivity index (χ4v) is 2.61. The molecule has 1 aromatic carbocycles. The molecule has 0 aliphatic rings. The van der Waals surface area contributed by atoms with E-state index >= 15 is 0 Å². The summed E-state index contributed by atoms with van der Waals surface area (Å²) in [7, 11) is 0. The van der Waals surface area contributed by atoms with Crippen LogP contribution < -0.4 is 5.32 Å². The zero-order chi connectivity index (χ0) is 17.2. The van der Waals surface area contributed by atoms with Gasteiger partial charge in [0.1, 0.15) is 5.52 Å². The molecule has 4 nitrogen and oxygen atoms in total. The molecule has 0 aliphatic heterocycles. The summed E-state index contributed by atoms with van der Waals surface area (Å²) < 4.78 is 38.8. The van der Waals surface area contributed by atoms with E-state index < -0.39 is 18.6 Å². The van der Waals surface area contributed by atoms with Crippen LogP contribution in [0.25, 0.3) is 11.2 Å². The van der Waals surface area contributed by atoms with Crippen molar-refractivity contribution >= 4 is 11.2 Å². The molecule has 0 spiro atoms. The molecule has 0 saturated carbocycles. The highest BCUT2D eigenvalue weighted by atomic mass is 19.4. The molecule has 0 saturated heterocycles. The quantitative estimate of drug-likeness (QED) is 0.740. The second-order valence-electron chi connectivity index (χ2n) is 5.73. The number of hydrogen-bond acceptors (Lipinski definition) is 3. The average molecular weight is 334 g/mol. The summed E-state index contributed by atoms with van der Waals surface area (Å²) in [5.41, 5.74) is 3.70. The highest BCUT2D eigenvalue weighted by Crippen LogP contribution is 2.30. The summed E-state index contributed by atoms with van der Waals surface area (Å²) in [6.45, 7) is 2.17. The van der Waals surface area contributed by atoms with E-state index in [1.54, 1.807) is 30.7 Å². The maximum atomic E-state index is 12.9. The molecular weight excluding hydrogens is 317 g/mol. The van der Waals surface area contributed by atoms with Crippen molar-refractivity contribution in [3.63, 3.8) is 0 Å². The van der Waals surface area contributed by atoms with E-state index in [0.29, 0.717) is 16.7 Å². The molecule has 3 rings (SSSR count). The van der Waals surface area contributed by atoms with E-state index in [2.05, 4.69) is 20.3 Å². The third-order valence-corrected chi connectivity index (χ3v) is 3.84. The zero-order valence-electron chi connectivity index (χ0n) is 13.1. The molecule has 2 N–H and O–H groups in total. The number of alkyl halides is 3. The minimum absolute atomic E-state index is 0.271. The van der Waals surface area contributed by atoms with Crippen molar-refractivity contribution in [2.24, 2.45) is 0 Å². The van der Waals surface area contributed by atoms with Gasteiger partial charge in [0.2, 0.25) is 0 Å². The number of nitrogens with zero attached hydrogens (tertiary/aromatic N) is 2. The molecule has 1 atom stereocenters. The van der Waals surface area contributed by atoms with E-state index in [0.717, 1.165) is 11.1 Å². The SMILES string of the molecule is Cc1ccc([C@H](CC(F)(F)F)NCc2c[nH]c3nccnc23)cc1. The number of H-pyrrole nitrogens is 1. The lowest BCUT2D eigenvalue weighted by atomic mass is 10.0. The predicted molar refractivity (Wildman–Crippen MR) is 85.3 cm³/mol.